The molecule has 0 spiro atoms. The summed E-state index contributed by atoms with van der Waals surface area (Å²) in [7, 11) is 0. The molecular weight excluding hydrogens is 219 g/mol. The van der Waals surface area contributed by atoms with Gasteiger partial charge in [-0.3, -0.25) is 0 Å². The van der Waals surface area contributed by atoms with Gasteiger partial charge in [0.1, 0.15) is 10.3 Å². The van der Waals surface area contributed by atoms with Crippen LogP contribution in [0.4, 0.5) is 13.2 Å². The molecule has 0 fully saturated rings. The minimum absolute atomic E-state index is 0.354. The number of nitrogens with one attached hydrogen (secondary N) is 1. The number of aromatic amines is 1. The molecule has 1 rings (SSSR count). The van der Waals surface area contributed by atoms with Gasteiger partial charge in [-0.1, -0.05) is 12.2 Å². The van der Waals surface area contributed by atoms with E-state index in [-0.39, 0.29) is 5.56 Å². The monoisotopic (exact) mass is 223 g/mol. The molecule has 2 N–H and O–H groups in total. The van der Waals surface area contributed by atoms with E-state index in [2.05, 4.69) is 12.2 Å². The Morgan fingerprint density at radius 1 is 1.43 bits per heavy atom. The molecule has 0 unspecified atom stereocenters. The fourth-order valence-corrected chi connectivity index (χ4v) is 1.07. The molecule has 0 bridgehead atoms. The first-order valence-corrected chi connectivity index (χ1v) is 3.77. The quantitative estimate of drug-likeness (QED) is 0.719. The molecule has 0 aromatic carbocycles. The number of hydrogen-bond acceptors (Lipinski definition) is 2. The highest BCUT2D eigenvalue weighted by Gasteiger charge is 2.31. The molecule has 1 aromatic rings. The summed E-state index contributed by atoms with van der Waals surface area (Å²) < 4.78 is 35.8. The third-order valence-electron chi connectivity index (χ3n) is 1.45. The van der Waals surface area contributed by atoms with Crippen LogP contribution in [0, 0.1) is 4.64 Å². The molecule has 0 saturated heterocycles. The SMILES string of the molecule is O=C(O)c1ccc(C(F)(F)F)[nH]c1=S. The maximum atomic E-state index is 12.1. The van der Waals surface area contributed by atoms with Crippen LogP contribution >= 0.6 is 12.2 Å². The number of carbonyl (C=O) groups is 1. The molecular formula is C7H4F3NO2S. The number of H-pyrrole nitrogens is 1. The molecule has 0 amide bonds. The summed E-state index contributed by atoms with van der Waals surface area (Å²) in [5.74, 6) is -1.36. The van der Waals surface area contributed by atoms with Crippen molar-refractivity contribution in [2.24, 2.45) is 0 Å². The summed E-state index contributed by atoms with van der Waals surface area (Å²) in [6.45, 7) is 0. The van der Waals surface area contributed by atoms with Crippen molar-refractivity contribution in [2.45, 2.75) is 6.18 Å². The van der Waals surface area contributed by atoms with Gasteiger partial charge in [0, 0.05) is 0 Å². The Labute approximate surface area is 81.2 Å². The van der Waals surface area contributed by atoms with Crippen molar-refractivity contribution in [1.29, 1.82) is 0 Å². The normalized spacial score (nSPS) is 11.4. The van der Waals surface area contributed by atoms with E-state index >= 15 is 0 Å². The third kappa shape index (κ3) is 2.11. The molecule has 3 nitrogen and oxygen atoms in total. The predicted octanol–water partition coefficient (Wildman–Crippen LogP) is 2.46. The van der Waals surface area contributed by atoms with Gasteiger partial charge in [0.2, 0.25) is 0 Å². The van der Waals surface area contributed by atoms with Crippen molar-refractivity contribution in [3.8, 4) is 0 Å². The molecule has 0 atom stereocenters. The van der Waals surface area contributed by atoms with Crippen LogP contribution in [0.15, 0.2) is 12.1 Å². The van der Waals surface area contributed by atoms with E-state index in [1.807, 2.05) is 0 Å². The van der Waals surface area contributed by atoms with E-state index in [1.54, 1.807) is 4.98 Å². The smallest absolute Gasteiger partial charge is 0.431 e. The van der Waals surface area contributed by atoms with Crippen LogP contribution in [0.1, 0.15) is 16.1 Å². The standard InChI is InChI=1S/C7H4F3NO2S/c8-7(9,10)4-2-1-3(6(12)13)5(14)11-4/h1-2H,(H,11,14)(H,12,13). The molecule has 7 heteroatoms. The molecule has 0 aliphatic carbocycles. The highest BCUT2D eigenvalue weighted by atomic mass is 32.1. The highest BCUT2D eigenvalue weighted by Crippen LogP contribution is 2.27. The molecule has 1 aromatic heterocycles. The van der Waals surface area contributed by atoms with Gasteiger partial charge in [0.25, 0.3) is 0 Å². The van der Waals surface area contributed by atoms with E-state index in [0.29, 0.717) is 6.07 Å². The lowest BCUT2D eigenvalue weighted by atomic mass is 10.2. The Balaban J connectivity index is 3.27. The summed E-state index contributed by atoms with van der Waals surface area (Å²) in [5.41, 5.74) is -1.42. The summed E-state index contributed by atoms with van der Waals surface area (Å²) in [4.78, 5) is 12.2. The Hall–Kier alpha value is -1.37. The molecule has 14 heavy (non-hydrogen) atoms. The summed E-state index contributed by atoms with van der Waals surface area (Å²) in [6.07, 6.45) is -4.55. The van der Waals surface area contributed by atoms with Crippen molar-refractivity contribution in [3.63, 3.8) is 0 Å². The summed E-state index contributed by atoms with van der Waals surface area (Å²) in [6, 6.07) is 1.46. The van der Waals surface area contributed by atoms with Gasteiger partial charge < -0.3 is 10.1 Å². The fourth-order valence-electron chi connectivity index (χ4n) is 0.807. The van der Waals surface area contributed by atoms with Crippen LogP contribution in [0.25, 0.3) is 0 Å². The number of aromatic nitrogens is 1. The maximum Gasteiger partial charge on any atom is 0.431 e. The minimum atomic E-state index is -4.55. The maximum absolute atomic E-state index is 12.1. The van der Waals surface area contributed by atoms with Crippen molar-refractivity contribution >= 4 is 18.2 Å². The molecule has 1 heterocycles. The Morgan fingerprint density at radius 2 is 2.00 bits per heavy atom. The number of carboxylic acids is 1. The first-order chi connectivity index (χ1) is 6.32. The number of carboxylic acid groups (broad SMARTS) is 1. The molecule has 0 saturated carbocycles. The van der Waals surface area contributed by atoms with Gasteiger partial charge in [-0.25, -0.2) is 4.79 Å². The second-order valence-electron chi connectivity index (χ2n) is 2.42. The Kier molecular flexibility index (Phi) is 2.61. The average molecular weight is 223 g/mol. The van der Waals surface area contributed by atoms with Crippen LogP contribution in [0.2, 0.25) is 0 Å². The van der Waals surface area contributed by atoms with E-state index < -0.39 is 22.5 Å². The Morgan fingerprint density at radius 3 is 2.36 bits per heavy atom. The molecule has 0 radical (unpaired) electrons. The number of pyridine rings is 1. The van der Waals surface area contributed by atoms with Crippen molar-refractivity contribution in [3.05, 3.63) is 28.0 Å². The van der Waals surface area contributed by atoms with Gasteiger partial charge in [-0.05, 0) is 12.1 Å². The fraction of sp³-hybridized carbons (Fsp3) is 0.143. The average Bonchev–Trinajstić information content (AvgIpc) is 2.01. The van der Waals surface area contributed by atoms with Gasteiger partial charge in [0.05, 0.1) is 5.56 Å². The van der Waals surface area contributed by atoms with Crippen molar-refractivity contribution < 1.29 is 23.1 Å². The van der Waals surface area contributed by atoms with E-state index in [9.17, 15) is 18.0 Å². The number of aromatic carboxylic acids is 1. The lowest BCUT2D eigenvalue weighted by Gasteiger charge is -2.06. The van der Waals surface area contributed by atoms with Gasteiger partial charge in [-0.2, -0.15) is 13.2 Å². The number of halogens is 3. The largest absolute Gasteiger partial charge is 0.478 e. The number of rotatable bonds is 1. The number of hydrogen-bond donors (Lipinski definition) is 2. The van der Waals surface area contributed by atoms with Crippen LogP contribution in [-0.4, -0.2) is 16.1 Å². The third-order valence-corrected chi connectivity index (χ3v) is 1.77. The zero-order valence-corrected chi connectivity index (χ0v) is 7.37. The molecule has 0 aliphatic heterocycles. The Bertz CT molecular complexity index is 424. The van der Waals surface area contributed by atoms with Crippen LogP contribution in [0.3, 0.4) is 0 Å². The zero-order valence-electron chi connectivity index (χ0n) is 6.55. The van der Waals surface area contributed by atoms with Crippen LogP contribution in [-0.2, 0) is 6.18 Å². The van der Waals surface area contributed by atoms with E-state index in [4.69, 9.17) is 5.11 Å². The predicted molar refractivity (Wildman–Crippen MR) is 43.6 cm³/mol. The van der Waals surface area contributed by atoms with Gasteiger partial charge >= 0.3 is 12.1 Å². The first kappa shape index (κ1) is 10.7. The zero-order chi connectivity index (χ0) is 10.9. The van der Waals surface area contributed by atoms with E-state index in [0.717, 1.165) is 6.07 Å². The van der Waals surface area contributed by atoms with E-state index in [1.165, 1.54) is 0 Å². The number of alkyl halides is 3. The van der Waals surface area contributed by atoms with Gasteiger partial charge in [-0.15, -0.1) is 0 Å². The second kappa shape index (κ2) is 3.41. The highest BCUT2D eigenvalue weighted by molar-refractivity contribution is 7.71. The summed E-state index contributed by atoms with van der Waals surface area (Å²) >= 11 is 4.45. The lowest BCUT2D eigenvalue weighted by Crippen LogP contribution is -2.09. The lowest BCUT2D eigenvalue weighted by molar-refractivity contribution is -0.141. The topological polar surface area (TPSA) is 53.1 Å². The molecule has 76 valence electrons. The van der Waals surface area contributed by atoms with Gasteiger partial charge in [0.15, 0.2) is 0 Å². The first-order valence-electron chi connectivity index (χ1n) is 3.36. The van der Waals surface area contributed by atoms with Crippen LogP contribution < -0.4 is 0 Å². The minimum Gasteiger partial charge on any atom is -0.478 e. The van der Waals surface area contributed by atoms with Crippen LogP contribution in [0.5, 0.6) is 0 Å². The molecule has 0 aliphatic rings. The summed E-state index contributed by atoms with van der Waals surface area (Å²) in [5, 5.41) is 8.49. The second-order valence-corrected chi connectivity index (χ2v) is 2.83. The van der Waals surface area contributed by atoms with Crippen molar-refractivity contribution in [1.82, 2.24) is 4.98 Å². The van der Waals surface area contributed by atoms with Crippen molar-refractivity contribution in [2.75, 3.05) is 0 Å².